The van der Waals surface area contributed by atoms with Gasteiger partial charge in [-0.05, 0) is 23.8 Å². The van der Waals surface area contributed by atoms with Crippen LogP contribution in [-0.2, 0) is 18.0 Å². The van der Waals surface area contributed by atoms with Gasteiger partial charge in [0, 0.05) is 4.47 Å². The Bertz CT molecular complexity index is 569. The number of rotatable bonds is 5. The van der Waals surface area contributed by atoms with E-state index in [1.165, 1.54) is 6.26 Å². The molecule has 1 aromatic carbocycles. The van der Waals surface area contributed by atoms with Crippen LogP contribution in [0.1, 0.15) is 21.7 Å². The maximum absolute atomic E-state index is 11.2. The van der Waals surface area contributed by atoms with Crippen LogP contribution < -0.4 is 11.3 Å². The normalized spacial score (nSPS) is 10.4. The first-order chi connectivity index (χ1) is 9.19. The number of hydrogen-bond donors (Lipinski definition) is 2. The van der Waals surface area contributed by atoms with Gasteiger partial charge in [-0.3, -0.25) is 10.2 Å². The lowest BCUT2D eigenvalue weighted by atomic mass is 10.2. The fraction of sp³-hybridized carbons (Fsp3) is 0.154. The van der Waals surface area contributed by atoms with E-state index in [9.17, 15) is 4.79 Å². The summed E-state index contributed by atoms with van der Waals surface area (Å²) in [4.78, 5) is 11.2. The summed E-state index contributed by atoms with van der Waals surface area (Å²) in [5.74, 6) is 5.22. The van der Waals surface area contributed by atoms with Crippen LogP contribution in [0.2, 0.25) is 0 Å². The van der Waals surface area contributed by atoms with Crippen molar-refractivity contribution in [1.82, 2.24) is 5.43 Å². The number of amides is 1. The maximum Gasteiger partial charge on any atom is 0.268 e. The molecule has 2 rings (SSSR count). The average molecular weight is 325 g/mol. The second kappa shape index (κ2) is 6.51. The summed E-state index contributed by atoms with van der Waals surface area (Å²) in [5.41, 5.74) is 3.47. The van der Waals surface area contributed by atoms with E-state index >= 15 is 0 Å². The van der Waals surface area contributed by atoms with Gasteiger partial charge in [0.2, 0.25) is 0 Å². The van der Waals surface area contributed by atoms with Crippen LogP contribution in [0.5, 0.6) is 0 Å². The summed E-state index contributed by atoms with van der Waals surface area (Å²) in [6, 6.07) is 9.45. The number of nitrogen functional groups attached to an aromatic ring is 1. The summed E-state index contributed by atoms with van der Waals surface area (Å²) in [5, 5.41) is 0. The highest BCUT2D eigenvalue weighted by atomic mass is 79.9. The Morgan fingerprint density at radius 3 is 2.95 bits per heavy atom. The van der Waals surface area contributed by atoms with Crippen LogP contribution in [0, 0.1) is 0 Å². The van der Waals surface area contributed by atoms with Crippen LogP contribution in [-0.4, -0.2) is 5.91 Å². The molecule has 3 N–H and O–H groups in total. The van der Waals surface area contributed by atoms with Crippen LogP contribution in [0.3, 0.4) is 0 Å². The zero-order valence-electron chi connectivity index (χ0n) is 10.1. The highest BCUT2D eigenvalue weighted by Gasteiger charge is 2.08. The molecule has 0 aliphatic carbocycles. The molecule has 0 radical (unpaired) electrons. The molecule has 5 nitrogen and oxygen atoms in total. The first-order valence-corrected chi connectivity index (χ1v) is 6.39. The van der Waals surface area contributed by atoms with Crippen molar-refractivity contribution in [1.29, 1.82) is 0 Å². The first kappa shape index (κ1) is 13.8. The average Bonchev–Trinajstić information content (AvgIpc) is 2.87. The smallest absolute Gasteiger partial charge is 0.268 e. The van der Waals surface area contributed by atoms with Crippen LogP contribution in [0.4, 0.5) is 0 Å². The fourth-order valence-corrected chi connectivity index (χ4v) is 2.00. The molecule has 0 aliphatic rings. The van der Waals surface area contributed by atoms with Crippen molar-refractivity contribution in [3.05, 3.63) is 58.0 Å². The fourth-order valence-electron chi connectivity index (χ4n) is 1.55. The SMILES string of the molecule is NNC(=O)c1coc(COCc2cccc(Br)c2)c1. The van der Waals surface area contributed by atoms with E-state index in [1.54, 1.807) is 6.07 Å². The summed E-state index contributed by atoms with van der Waals surface area (Å²) in [7, 11) is 0. The van der Waals surface area contributed by atoms with Gasteiger partial charge in [0.15, 0.2) is 0 Å². The minimum Gasteiger partial charge on any atom is -0.466 e. The van der Waals surface area contributed by atoms with Gasteiger partial charge in [0.1, 0.15) is 18.6 Å². The van der Waals surface area contributed by atoms with Crippen molar-refractivity contribution in [2.24, 2.45) is 5.84 Å². The van der Waals surface area contributed by atoms with Gasteiger partial charge in [0.05, 0.1) is 12.2 Å². The number of halogens is 1. The highest BCUT2D eigenvalue weighted by molar-refractivity contribution is 9.10. The molecule has 100 valence electrons. The maximum atomic E-state index is 11.2. The largest absolute Gasteiger partial charge is 0.466 e. The van der Waals surface area contributed by atoms with Crippen molar-refractivity contribution >= 4 is 21.8 Å². The zero-order chi connectivity index (χ0) is 13.7. The van der Waals surface area contributed by atoms with E-state index in [2.05, 4.69) is 15.9 Å². The van der Waals surface area contributed by atoms with E-state index in [1.807, 2.05) is 29.7 Å². The van der Waals surface area contributed by atoms with Crippen molar-refractivity contribution in [3.8, 4) is 0 Å². The molecule has 0 bridgehead atoms. The summed E-state index contributed by atoms with van der Waals surface area (Å²) >= 11 is 3.40. The van der Waals surface area contributed by atoms with Gasteiger partial charge >= 0.3 is 0 Å². The molecule has 0 aliphatic heterocycles. The number of carbonyl (C=O) groups is 1. The lowest BCUT2D eigenvalue weighted by molar-refractivity contribution is 0.0929. The molecule has 6 heteroatoms. The van der Waals surface area contributed by atoms with Gasteiger partial charge in [-0.1, -0.05) is 28.1 Å². The minimum absolute atomic E-state index is 0.296. The molecule has 2 aromatic rings. The minimum atomic E-state index is -0.387. The monoisotopic (exact) mass is 324 g/mol. The Hall–Kier alpha value is -1.63. The molecule has 1 amide bonds. The number of hydrazine groups is 1. The number of nitrogens with two attached hydrogens (primary N) is 1. The van der Waals surface area contributed by atoms with Gasteiger partial charge in [-0.2, -0.15) is 0 Å². The molecular weight excluding hydrogens is 312 g/mol. The van der Waals surface area contributed by atoms with Crippen LogP contribution in [0.15, 0.2) is 45.5 Å². The molecule has 0 spiro atoms. The molecule has 1 heterocycles. The Morgan fingerprint density at radius 2 is 2.21 bits per heavy atom. The standard InChI is InChI=1S/C13H13BrN2O3/c14-11-3-1-2-9(4-11)6-18-8-12-5-10(7-19-12)13(17)16-15/h1-5,7H,6,8,15H2,(H,16,17). The molecule has 0 atom stereocenters. The van der Waals surface area contributed by atoms with E-state index < -0.39 is 0 Å². The van der Waals surface area contributed by atoms with E-state index in [0.29, 0.717) is 24.5 Å². The number of nitrogens with one attached hydrogen (secondary N) is 1. The molecule has 0 fully saturated rings. The number of carbonyl (C=O) groups excluding carboxylic acids is 1. The predicted molar refractivity (Wildman–Crippen MR) is 73.0 cm³/mol. The second-order valence-electron chi connectivity index (χ2n) is 3.90. The van der Waals surface area contributed by atoms with Crippen LogP contribution in [0.25, 0.3) is 0 Å². The lowest BCUT2D eigenvalue weighted by Gasteiger charge is -2.02. The Kier molecular flexibility index (Phi) is 4.73. The summed E-state index contributed by atoms with van der Waals surface area (Å²) in [6.45, 7) is 0.767. The quantitative estimate of drug-likeness (QED) is 0.503. The molecular formula is C13H13BrN2O3. The van der Waals surface area contributed by atoms with Crippen molar-refractivity contribution < 1.29 is 13.9 Å². The molecule has 0 unspecified atom stereocenters. The summed E-state index contributed by atoms with van der Waals surface area (Å²) < 4.78 is 11.7. The molecule has 1 aromatic heterocycles. The Morgan fingerprint density at radius 1 is 1.37 bits per heavy atom. The van der Waals surface area contributed by atoms with E-state index in [0.717, 1.165) is 10.0 Å². The highest BCUT2D eigenvalue weighted by Crippen LogP contribution is 2.14. The van der Waals surface area contributed by atoms with Crippen molar-refractivity contribution in [3.63, 3.8) is 0 Å². The first-order valence-electron chi connectivity index (χ1n) is 5.59. The van der Waals surface area contributed by atoms with E-state index in [-0.39, 0.29) is 5.91 Å². The topological polar surface area (TPSA) is 77.5 Å². The number of furan rings is 1. The van der Waals surface area contributed by atoms with Gasteiger partial charge < -0.3 is 9.15 Å². The van der Waals surface area contributed by atoms with Gasteiger partial charge in [0.25, 0.3) is 5.91 Å². The number of benzene rings is 1. The van der Waals surface area contributed by atoms with Crippen molar-refractivity contribution in [2.75, 3.05) is 0 Å². The number of hydrogen-bond acceptors (Lipinski definition) is 4. The predicted octanol–water partition coefficient (Wildman–Crippen LogP) is 2.36. The van der Waals surface area contributed by atoms with Gasteiger partial charge in [-0.15, -0.1) is 0 Å². The van der Waals surface area contributed by atoms with Gasteiger partial charge in [-0.25, -0.2) is 5.84 Å². The van der Waals surface area contributed by atoms with Crippen molar-refractivity contribution in [2.45, 2.75) is 13.2 Å². The molecule has 0 saturated heterocycles. The Balaban J connectivity index is 1.86. The second-order valence-corrected chi connectivity index (χ2v) is 4.81. The summed E-state index contributed by atoms with van der Waals surface area (Å²) in [6.07, 6.45) is 1.35. The molecule has 0 saturated carbocycles. The van der Waals surface area contributed by atoms with Crippen LogP contribution >= 0.6 is 15.9 Å². The third-order valence-electron chi connectivity index (χ3n) is 2.45. The third-order valence-corrected chi connectivity index (χ3v) is 2.94. The number of ether oxygens (including phenoxy) is 1. The zero-order valence-corrected chi connectivity index (χ0v) is 11.6. The molecule has 19 heavy (non-hydrogen) atoms. The Labute approximate surface area is 118 Å². The lowest BCUT2D eigenvalue weighted by Crippen LogP contribution is -2.29. The third kappa shape index (κ3) is 3.92. The van der Waals surface area contributed by atoms with E-state index in [4.69, 9.17) is 15.0 Å².